The molecule has 0 aliphatic heterocycles. The lowest BCUT2D eigenvalue weighted by Crippen LogP contribution is -2.39. The zero-order chi connectivity index (χ0) is 18.5. The number of aliphatic hydroxyl groups excluding tert-OH is 1. The van der Waals surface area contributed by atoms with Crippen molar-refractivity contribution >= 4 is 16.8 Å². The molecule has 0 aliphatic rings. The van der Waals surface area contributed by atoms with Crippen LogP contribution < -0.4 is 14.8 Å². The highest BCUT2D eigenvalue weighted by molar-refractivity contribution is 5.98. The van der Waals surface area contributed by atoms with Crippen LogP contribution in [0.3, 0.4) is 0 Å². The number of hydrogen-bond donors (Lipinski definition) is 3. The van der Waals surface area contributed by atoms with Crippen LogP contribution >= 0.6 is 0 Å². The molecule has 1 atom stereocenters. The van der Waals surface area contributed by atoms with Crippen LogP contribution in [0.1, 0.15) is 16.1 Å². The number of aromatic amines is 1. The Hall–Kier alpha value is -2.99. The first-order chi connectivity index (χ1) is 12.6. The minimum Gasteiger partial charge on any atom is -0.493 e. The first-order valence-electron chi connectivity index (χ1n) is 8.35. The van der Waals surface area contributed by atoms with E-state index in [1.165, 1.54) is 0 Å². The van der Waals surface area contributed by atoms with E-state index in [2.05, 4.69) is 10.3 Å². The molecule has 1 heterocycles. The van der Waals surface area contributed by atoms with E-state index < -0.39 is 0 Å². The van der Waals surface area contributed by atoms with Gasteiger partial charge in [0.05, 0.1) is 26.9 Å². The normalized spacial score (nSPS) is 12.0. The summed E-state index contributed by atoms with van der Waals surface area (Å²) >= 11 is 0. The Bertz CT molecular complexity index is 848. The predicted octanol–water partition coefficient (Wildman–Crippen LogP) is 2.52. The summed E-state index contributed by atoms with van der Waals surface area (Å²) in [4.78, 5) is 15.7. The summed E-state index contributed by atoms with van der Waals surface area (Å²) in [6.07, 6.45) is 0.560. The average Bonchev–Trinajstić information content (AvgIpc) is 3.10. The van der Waals surface area contributed by atoms with Crippen LogP contribution in [0.2, 0.25) is 0 Å². The zero-order valence-electron chi connectivity index (χ0n) is 14.8. The van der Waals surface area contributed by atoms with E-state index in [4.69, 9.17) is 9.47 Å². The van der Waals surface area contributed by atoms with Crippen molar-refractivity contribution in [3.05, 3.63) is 59.8 Å². The number of hydrogen-bond acceptors (Lipinski definition) is 4. The van der Waals surface area contributed by atoms with Gasteiger partial charge in [0.15, 0.2) is 11.5 Å². The largest absolute Gasteiger partial charge is 0.493 e. The predicted molar refractivity (Wildman–Crippen MR) is 99.9 cm³/mol. The maximum absolute atomic E-state index is 12.6. The van der Waals surface area contributed by atoms with Crippen molar-refractivity contribution in [3.8, 4) is 11.5 Å². The first-order valence-corrected chi connectivity index (χ1v) is 8.35. The summed E-state index contributed by atoms with van der Waals surface area (Å²) in [5.74, 6) is 0.920. The molecule has 6 nitrogen and oxygen atoms in total. The van der Waals surface area contributed by atoms with E-state index in [1.807, 2.05) is 36.4 Å². The van der Waals surface area contributed by atoms with E-state index in [9.17, 15) is 9.90 Å². The van der Waals surface area contributed by atoms with Crippen LogP contribution in [-0.4, -0.2) is 42.9 Å². The van der Waals surface area contributed by atoms with Gasteiger partial charge < -0.3 is 24.9 Å². The van der Waals surface area contributed by atoms with Crippen LogP contribution in [0.15, 0.2) is 48.5 Å². The molecule has 0 radical (unpaired) electrons. The van der Waals surface area contributed by atoms with E-state index >= 15 is 0 Å². The molecule has 1 unspecified atom stereocenters. The molecule has 1 aromatic heterocycles. The number of carbonyl (C=O) groups excluding carboxylic acids is 1. The Morgan fingerprint density at radius 1 is 1.12 bits per heavy atom. The minimum atomic E-state index is -0.361. The summed E-state index contributed by atoms with van der Waals surface area (Å²) in [5, 5.41) is 13.3. The molecule has 136 valence electrons. The smallest absolute Gasteiger partial charge is 0.268 e. The second-order valence-electron chi connectivity index (χ2n) is 6.02. The van der Waals surface area contributed by atoms with Crippen molar-refractivity contribution in [3.63, 3.8) is 0 Å². The molecule has 3 aromatic rings. The number of amides is 1. The van der Waals surface area contributed by atoms with Gasteiger partial charge in [-0.25, -0.2) is 0 Å². The van der Waals surface area contributed by atoms with Crippen molar-refractivity contribution < 1.29 is 19.4 Å². The van der Waals surface area contributed by atoms with E-state index in [0.717, 1.165) is 16.5 Å². The van der Waals surface area contributed by atoms with Gasteiger partial charge in [0.1, 0.15) is 5.69 Å². The lowest BCUT2D eigenvalue weighted by molar-refractivity contribution is 0.0912. The molecule has 26 heavy (non-hydrogen) atoms. The molecule has 1 amide bonds. The number of nitrogens with one attached hydrogen (secondary N) is 2. The molecule has 2 aromatic carbocycles. The maximum Gasteiger partial charge on any atom is 0.268 e. The number of H-pyrrole nitrogens is 1. The minimum absolute atomic E-state index is 0.136. The van der Waals surface area contributed by atoms with Crippen LogP contribution in [-0.2, 0) is 6.42 Å². The van der Waals surface area contributed by atoms with Gasteiger partial charge in [0, 0.05) is 17.0 Å². The molecular weight excluding hydrogens is 332 g/mol. The standard InChI is InChI=1S/C20H22N2O4/c1-25-18-10-14-9-17(22-16(14)11-19(18)26-2)20(24)21-15(12-23)8-13-6-4-3-5-7-13/h3-7,9-11,15,22-23H,8,12H2,1-2H3,(H,21,24). The fourth-order valence-corrected chi connectivity index (χ4v) is 2.90. The lowest BCUT2D eigenvalue weighted by Gasteiger charge is -2.15. The Morgan fingerprint density at radius 2 is 1.81 bits per heavy atom. The number of aliphatic hydroxyl groups is 1. The van der Waals surface area contributed by atoms with Crippen LogP contribution in [0, 0.1) is 0 Å². The molecule has 0 saturated heterocycles. The average molecular weight is 354 g/mol. The van der Waals surface area contributed by atoms with Crippen LogP contribution in [0.4, 0.5) is 0 Å². The molecule has 3 N–H and O–H groups in total. The Morgan fingerprint density at radius 3 is 2.46 bits per heavy atom. The van der Waals surface area contributed by atoms with Crippen molar-refractivity contribution in [2.75, 3.05) is 20.8 Å². The van der Waals surface area contributed by atoms with Crippen LogP contribution in [0.25, 0.3) is 10.9 Å². The highest BCUT2D eigenvalue weighted by Crippen LogP contribution is 2.32. The van der Waals surface area contributed by atoms with Crippen LogP contribution in [0.5, 0.6) is 11.5 Å². The van der Waals surface area contributed by atoms with Crippen molar-refractivity contribution in [2.45, 2.75) is 12.5 Å². The third kappa shape index (κ3) is 3.81. The highest BCUT2D eigenvalue weighted by atomic mass is 16.5. The molecule has 0 saturated carbocycles. The van der Waals surface area contributed by atoms with E-state index in [-0.39, 0.29) is 18.6 Å². The topological polar surface area (TPSA) is 83.6 Å². The Balaban J connectivity index is 1.78. The Kier molecular flexibility index (Phi) is 5.43. The summed E-state index contributed by atoms with van der Waals surface area (Å²) in [7, 11) is 3.13. The summed E-state index contributed by atoms with van der Waals surface area (Å²) in [6, 6.07) is 14.7. The van der Waals surface area contributed by atoms with Gasteiger partial charge in [-0.3, -0.25) is 4.79 Å². The van der Waals surface area contributed by atoms with E-state index in [0.29, 0.717) is 23.6 Å². The molecule has 0 spiro atoms. The van der Waals surface area contributed by atoms with Gasteiger partial charge in [-0.15, -0.1) is 0 Å². The molecule has 0 fully saturated rings. The fraction of sp³-hybridized carbons (Fsp3) is 0.250. The monoisotopic (exact) mass is 354 g/mol. The lowest BCUT2D eigenvalue weighted by atomic mass is 10.1. The quantitative estimate of drug-likeness (QED) is 0.609. The maximum atomic E-state index is 12.6. The zero-order valence-corrected chi connectivity index (χ0v) is 14.8. The summed E-state index contributed by atoms with van der Waals surface area (Å²) in [6.45, 7) is -0.136. The van der Waals surface area contributed by atoms with Crippen molar-refractivity contribution in [2.24, 2.45) is 0 Å². The summed E-state index contributed by atoms with van der Waals surface area (Å²) in [5.41, 5.74) is 2.25. The van der Waals surface area contributed by atoms with Gasteiger partial charge in [-0.2, -0.15) is 0 Å². The number of methoxy groups -OCH3 is 2. The fourth-order valence-electron chi connectivity index (χ4n) is 2.90. The number of carbonyl (C=O) groups is 1. The van der Waals surface area contributed by atoms with Gasteiger partial charge in [0.2, 0.25) is 0 Å². The van der Waals surface area contributed by atoms with Gasteiger partial charge in [-0.1, -0.05) is 30.3 Å². The highest BCUT2D eigenvalue weighted by Gasteiger charge is 2.17. The number of rotatable bonds is 7. The van der Waals surface area contributed by atoms with Crippen molar-refractivity contribution in [1.29, 1.82) is 0 Å². The second kappa shape index (κ2) is 7.93. The third-order valence-electron chi connectivity index (χ3n) is 4.25. The van der Waals surface area contributed by atoms with Gasteiger partial charge in [-0.05, 0) is 24.1 Å². The molecular formula is C20H22N2O4. The number of ether oxygens (including phenoxy) is 2. The second-order valence-corrected chi connectivity index (χ2v) is 6.02. The Labute approximate surface area is 151 Å². The van der Waals surface area contributed by atoms with Crippen molar-refractivity contribution in [1.82, 2.24) is 10.3 Å². The third-order valence-corrected chi connectivity index (χ3v) is 4.25. The van der Waals surface area contributed by atoms with Gasteiger partial charge >= 0.3 is 0 Å². The molecule has 0 aliphatic carbocycles. The summed E-state index contributed by atoms with van der Waals surface area (Å²) < 4.78 is 10.6. The SMILES string of the molecule is COc1cc2cc(C(=O)NC(CO)Cc3ccccc3)[nH]c2cc1OC. The molecule has 3 rings (SSSR count). The molecule has 0 bridgehead atoms. The molecule has 6 heteroatoms. The number of aromatic nitrogens is 1. The number of fused-ring (bicyclic) bond motifs is 1. The number of benzene rings is 2. The first kappa shape index (κ1) is 17.8. The van der Waals surface area contributed by atoms with Gasteiger partial charge in [0.25, 0.3) is 5.91 Å². The van der Waals surface area contributed by atoms with E-state index in [1.54, 1.807) is 26.4 Å².